The first-order chi connectivity index (χ1) is 16.2. The van der Waals surface area contributed by atoms with Crippen molar-refractivity contribution >= 4 is 23.6 Å². The zero-order valence-electron chi connectivity index (χ0n) is 19.6. The third kappa shape index (κ3) is 4.42. The second-order valence-corrected chi connectivity index (χ2v) is 9.66. The van der Waals surface area contributed by atoms with Crippen molar-refractivity contribution in [2.24, 2.45) is 11.7 Å². The quantitative estimate of drug-likeness (QED) is 0.619. The maximum absolute atomic E-state index is 12.8. The van der Waals surface area contributed by atoms with Crippen molar-refractivity contribution in [3.8, 4) is 0 Å². The highest BCUT2D eigenvalue weighted by atomic mass is 16.1. The van der Waals surface area contributed by atoms with Gasteiger partial charge >= 0.3 is 0 Å². The summed E-state index contributed by atoms with van der Waals surface area (Å²) in [4.78, 5) is 15.3. The maximum Gasteiger partial charge on any atom is 0.224 e. The van der Waals surface area contributed by atoms with E-state index in [4.69, 9.17) is 5.73 Å². The van der Waals surface area contributed by atoms with Crippen LogP contribution in [0.2, 0.25) is 0 Å². The van der Waals surface area contributed by atoms with Gasteiger partial charge in [0.1, 0.15) is 0 Å². The predicted molar refractivity (Wildman–Crippen MR) is 136 cm³/mol. The standard InChI is InChI=1S/C29H35N3O/c1-2-31-29(33)26-14-13-23(30)19-27(26)32-17-15-22(16-18-32)28-24-9-5-3-7-20(24)11-12-21-8-4-6-10-25(21)28/h3-12,23,26-27H,2,13-19,30H2,1H3,(H,31,33). The van der Waals surface area contributed by atoms with Gasteiger partial charge in [-0.05, 0) is 66.9 Å². The molecule has 33 heavy (non-hydrogen) atoms. The highest BCUT2D eigenvalue weighted by Gasteiger charge is 2.38. The van der Waals surface area contributed by atoms with Crippen LogP contribution in [0, 0.1) is 5.92 Å². The Kier molecular flexibility index (Phi) is 6.48. The Morgan fingerprint density at radius 3 is 2.18 bits per heavy atom. The number of rotatable bonds is 3. The largest absolute Gasteiger partial charge is 0.356 e. The average molecular weight is 442 g/mol. The van der Waals surface area contributed by atoms with Crippen LogP contribution in [0.15, 0.2) is 54.1 Å². The van der Waals surface area contributed by atoms with E-state index >= 15 is 0 Å². The van der Waals surface area contributed by atoms with Crippen LogP contribution in [-0.4, -0.2) is 42.5 Å². The van der Waals surface area contributed by atoms with Gasteiger partial charge in [0.15, 0.2) is 0 Å². The number of nitrogens with two attached hydrogens (primary N) is 1. The number of fused-ring (bicyclic) bond motifs is 2. The van der Waals surface area contributed by atoms with Crippen molar-refractivity contribution in [2.75, 3.05) is 19.6 Å². The first-order valence-corrected chi connectivity index (χ1v) is 12.5. The smallest absolute Gasteiger partial charge is 0.224 e. The Morgan fingerprint density at radius 2 is 1.58 bits per heavy atom. The molecule has 1 aliphatic heterocycles. The highest BCUT2D eigenvalue weighted by Crippen LogP contribution is 2.40. The number of hydrogen-bond donors (Lipinski definition) is 2. The van der Waals surface area contributed by atoms with Gasteiger partial charge in [0, 0.05) is 31.7 Å². The third-order valence-electron chi connectivity index (χ3n) is 7.67. The summed E-state index contributed by atoms with van der Waals surface area (Å²) in [6.07, 6.45) is 9.33. The molecule has 2 aliphatic carbocycles. The number of carbonyl (C=O) groups excluding carboxylic acids is 1. The molecule has 2 aromatic carbocycles. The second kappa shape index (κ2) is 9.66. The average Bonchev–Trinajstić information content (AvgIpc) is 3.01. The topological polar surface area (TPSA) is 58.4 Å². The Morgan fingerprint density at radius 1 is 0.970 bits per heavy atom. The zero-order chi connectivity index (χ0) is 22.8. The molecule has 1 saturated carbocycles. The zero-order valence-corrected chi connectivity index (χ0v) is 19.6. The summed E-state index contributed by atoms with van der Waals surface area (Å²) < 4.78 is 0. The number of carbonyl (C=O) groups is 1. The molecule has 2 fully saturated rings. The number of nitrogens with zero attached hydrogens (tertiary/aromatic N) is 1. The minimum atomic E-state index is 0.0579. The van der Waals surface area contributed by atoms with Gasteiger partial charge in [-0.3, -0.25) is 9.69 Å². The molecule has 5 rings (SSSR count). The lowest BCUT2D eigenvalue weighted by Gasteiger charge is -2.43. The van der Waals surface area contributed by atoms with Crippen LogP contribution in [0.3, 0.4) is 0 Å². The van der Waals surface area contributed by atoms with Gasteiger partial charge in [0.2, 0.25) is 5.91 Å². The Bertz CT molecular complexity index is 1020. The van der Waals surface area contributed by atoms with Crippen LogP contribution in [0.4, 0.5) is 0 Å². The number of piperidine rings is 1. The summed E-state index contributed by atoms with van der Waals surface area (Å²) in [5.41, 5.74) is 14.5. The number of hydrogen-bond acceptors (Lipinski definition) is 3. The molecule has 0 radical (unpaired) electrons. The first kappa shape index (κ1) is 22.1. The third-order valence-corrected chi connectivity index (χ3v) is 7.67. The van der Waals surface area contributed by atoms with Crippen LogP contribution in [0.5, 0.6) is 0 Å². The Hall–Kier alpha value is -2.69. The van der Waals surface area contributed by atoms with Crippen molar-refractivity contribution in [3.05, 3.63) is 76.4 Å². The molecular formula is C29H35N3O. The Balaban J connectivity index is 1.44. The van der Waals surface area contributed by atoms with Gasteiger partial charge in [-0.25, -0.2) is 0 Å². The van der Waals surface area contributed by atoms with E-state index in [-0.39, 0.29) is 23.9 Å². The van der Waals surface area contributed by atoms with Crippen LogP contribution in [-0.2, 0) is 4.79 Å². The molecule has 0 bridgehead atoms. The monoisotopic (exact) mass is 441 g/mol. The minimum Gasteiger partial charge on any atom is -0.356 e. The van der Waals surface area contributed by atoms with Crippen LogP contribution in [0.1, 0.15) is 61.3 Å². The molecule has 0 spiro atoms. The summed E-state index contributed by atoms with van der Waals surface area (Å²) in [5, 5.41) is 3.07. The van der Waals surface area contributed by atoms with Crippen molar-refractivity contribution in [3.63, 3.8) is 0 Å². The van der Waals surface area contributed by atoms with Crippen molar-refractivity contribution in [2.45, 2.75) is 51.1 Å². The van der Waals surface area contributed by atoms with Crippen LogP contribution < -0.4 is 11.1 Å². The van der Waals surface area contributed by atoms with E-state index < -0.39 is 0 Å². The fourth-order valence-electron chi connectivity index (χ4n) is 6.01. The van der Waals surface area contributed by atoms with Gasteiger partial charge in [-0.2, -0.15) is 0 Å². The maximum atomic E-state index is 12.8. The lowest BCUT2D eigenvalue weighted by Crippen LogP contribution is -2.53. The van der Waals surface area contributed by atoms with E-state index in [1.807, 2.05) is 6.92 Å². The molecule has 172 valence electrons. The molecule has 4 heteroatoms. The number of benzene rings is 2. The molecule has 3 atom stereocenters. The van der Waals surface area contributed by atoms with Crippen molar-refractivity contribution in [1.29, 1.82) is 0 Å². The SMILES string of the molecule is CCNC(=O)C1CCC(N)CC1N1CCC(=C2c3ccccc3C=Cc3ccccc32)CC1. The first-order valence-electron chi connectivity index (χ1n) is 12.5. The molecular weight excluding hydrogens is 406 g/mol. The molecule has 1 amide bonds. The molecule has 1 heterocycles. The fraction of sp³-hybridized carbons (Fsp3) is 0.414. The summed E-state index contributed by atoms with van der Waals surface area (Å²) in [5.74, 6) is 0.263. The predicted octanol–water partition coefficient (Wildman–Crippen LogP) is 4.70. The molecule has 2 aromatic rings. The molecule has 3 unspecified atom stereocenters. The van der Waals surface area contributed by atoms with Crippen LogP contribution >= 0.6 is 0 Å². The Labute approximate surface area is 197 Å². The molecule has 1 saturated heterocycles. The van der Waals surface area contributed by atoms with Gasteiger partial charge in [0.25, 0.3) is 0 Å². The minimum absolute atomic E-state index is 0.0579. The summed E-state index contributed by atoms with van der Waals surface area (Å²) in [6.45, 7) is 4.67. The summed E-state index contributed by atoms with van der Waals surface area (Å²) >= 11 is 0. The van der Waals surface area contributed by atoms with Gasteiger partial charge in [-0.15, -0.1) is 0 Å². The number of likely N-dealkylation sites (tertiary alicyclic amines) is 1. The van der Waals surface area contributed by atoms with E-state index in [0.29, 0.717) is 6.54 Å². The van der Waals surface area contributed by atoms with Gasteiger partial charge < -0.3 is 11.1 Å². The van der Waals surface area contributed by atoms with Gasteiger partial charge in [0.05, 0.1) is 5.92 Å². The van der Waals surface area contributed by atoms with Crippen molar-refractivity contribution in [1.82, 2.24) is 10.2 Å². The lowest BCUT2D eigenvalue weighted by atomic mass is 9.79. The van der Waals surface area contributed by atoms with E-state index in [0.717, 1.165) is 45.2 Å². The lowest BCUT2D eigenvalue weighted by molar-refractivity contribution is -0.128. The van der Waals surface area contributed by atoms with Crippen LogP contribution in [0.25, 0.3) is 17.7 Å². The molecule has 3 aliphatic rings. The summed E-state index contributed by atoms with van der Waals surface area (Å²) in [7, 11) is 0. The molecule has 3 N–H and O–H groups in total. The van der Waals surface area contributed by atoms with E-state index in [2.05, 4.69) is 70.9 Å². The number of amides is 1. The van der Waals surface area contributed by atoms with Crippen molar-refractivity contribution < 1.29 is 4.79 Å². The second-order valence-electron chi connectivity index (χ2n) is 9.66. The highest BCUT2D eigenvalue weighted by molar-refractivity contribution is 5.95. The van der Waals surface area contributed by atoms with Gasteiger partial charge in [-0.1, -0.05) is 66.3 Å². The normalized spacial score (nSPS) is 25.2. The van der Waals surface area contributed by atoms with E-state index in [9.17, 15) is 4.79 Å². The fourth-order valence-corrected chi connectivity index (χ4v) is 6.01. The van der Waals surface area contributed by atoms with E-state index in [1.54, 1.807) is 0 Å². The molecule has 4 nitrogen and oxygen atoms in total. The number of nitrogens with one attached hydrogen (secondary N) is 1. The molecule has 0 aromatic heterocycles. The van der Waals surface area contributed by atoms with E-state index in [1.165, 1.54) is 33.4 Å². The summed E-state index contributed by atoms with van der Waals surface area (Å²) in [6, 6.07) is 18.0.